The second-order valence-corrected chi connectivity index (χ2v) is 8.52. The molecule has 1 fully saturated rings. The summed E-state index contributed by atoms with van der Waals surface area (Å²) in [5, 5.41) is 2.42. The Bertz CT molecular complexity index is 1250. The maximum atomic E-state index is 12.5. The number of hydrogen-bond acceptors (Lipinski definition) is 5. The van der Waals surface area contributed by atoms with Crippen molar-refractivity contribution in [3.8, 4) is 0 Å². The fraction of sp³-hybridized carbons (Fsp3) is 0.320. The van der Waals surface area contributed by atoms with Crippen molar-refractivity contribution in [3.63, 3.8) is 0 Å². The molecule has 1 amide bonds. The number of amides is 1. The van der Waals surface area contributed by atoms with Gasteiger partial charge in [0.1, 0.15) is 5.82 Å². The minimum Gasteiger partial charge on any atom is -0.365 e. The highest BCUT2D eigenvalue weighted by molar-refractivity contribution is 5.94. The Labute approximate surface area is 187 Å². The smallest absolute Gasteiger partial charge is 0.347 e. The molecule has 7 nitrogen and oxygen atoms in total. The zero-order valence-electron chi connectivity index (χ0n) is 18.3. The molecule has 2 aromatic carbocycles. The van der Waals surface area contributed by atoms with Crippen LogP contribution in [-0.2, 0) is 17.8 Å². The zero-order valence-corrected chi connectivity index (χ0v) is 18.3. The van der Waals surface area contributed by atoms with Crippen molar-refractivity contribution in [2.75, 3.05) is 36.0 Å². The van der Waals surface area contributed by atoms with Crippen molar-refractivity contribution in [1.29, 1.82) is 0 Å². The van der Waals surface area contributed by atoms with E-state index >= 15 is 0 Å². The van der Waals surface area contributed by atoms with E-state index in [0.717, 1.165) is 30.0 Å². The van der Waals surface area contributed by atoms with Gasteiger partial charge in [-0.2, -0.15) is 4.98 Å². The van der Waals surface area contributed by atoms with Gasteiger partial charge in [-0.3, -0.25) is 4.79 Å². The van der Waals surface area contributed by atoms with Crippen LogP contribution < -0.4 is 15.5 Å². The molecule has 1 unspecified atom stereocenters. The number of anilines is 2. The van der Waals surface area contributed by atoms with Crippen LogP contribution in [0.15, 0.2) is 59.9 Å². The van der Waals surface area contributed by atoms with E-state index in [1.165, 1.54) is 22.5 Å². The maximum Gasteiger partial charge on any atom is 0.347 e. The molecule has 1 N–H and O–H groups in total. The molecule has 2 aliphatic rings. The number of rotatable bonds is 3. The molecule has 0 radical (unpaired) electrons. The monoisotopic (exact) mass is 429 g/mol. The number of aromatic nitrogens is 2. The summed E-state index contributed by atoms with van der Waals surface area (Å²) in [7, 11) is 0. The minimum atomic E-state index is -0.324. The number of piperazine rings is 1. The Morgan fingerprint density at radius 1 is 1.16 bits per heavy atom. The summed E-state index contributed by atoms with van der Waals surface area (Å²) in [4.78, 5) is 38.2. The van der Waals surface area contributed by atoms with Gasteiger partial charge in [-0.1, -0.05) is 43.0 Å². The SMILES string of the molecule is C=CC(=O)N1CCN(c2nc(=O)[nH]c3c2CCN(c2cccc4ccccc24)C3)C(C)C1. The summed E-state index contributed by atoms with van der Waals surface area (Å²) in [6.07, 6.45) is 2.16. The minimum absolute atomic E-state index is 0.0527. The Morgan fingerprint density at radius 2 is 1.97 bits per heavy atom. The van der Waals surface area contributed by atoms with Crippen LogP contribution in [0.25, 0.3) is 10.8 Å². The van der Waals surface area contributed by atoms with Crippen LogP contribution in [0, 0.1) is 0 Å². The Kier molecular flexibility index (Phi) is 5.17. The van der Waals surface area contributed by atoms with Crippen molar-refractivity contribution in [1.82, 2.24) is 14.9 Å². The highest BCUT2D eigenvalue weighted by Crippen LogP contribution is 2.33. The molecule has 1 aromatic heterocycles. The number of aromatic amines is 1. The van der Waals surface area contributed by atoms with Crippen LogP contribution in [0.5, 0.6) is 0 Å². The average Bonchev–Trinajstić information content (AvgIpc) is 2.82. The van der Waals surface area contributed by atoms with Crippen molar-refractivity contribution in [2.24, 2.45) is 0 Å². The molecule has 0 saturated carbocycles. The molecular formula is C25H27N5O2. The van der Waals surface area contributed by atoms with Crippen molar-refractivity contribution in [2.45, 2.75) is 25.9 Å². The first kappa shape index (κ1) is 20.3. The summed E-state index contributed by atoms with van der Waals surface area (Å²) in [6, 6.07) is 14.8. The van der Waals surface area contributed by atoms with Crippen molar-refractivity contribution < 1.29 is 4.79 Å². The lowest BCUT2D eigenvalue weighted by Crippen LogP contribution is -2.54. The summed E-state index contributed by atoms with van der Waals surface area (Å²) in [5.74, 6) is 0.711. The van der Waals surface area contributed by atoms with Gasteiger partial charge in [0, 0.05) is 54.6 Å². The fourth-order valence-corrected chi connectivity index (χ4v) is 4.97. The Morgan fingerprint density at radius 3 is 2.78 bits per heavy atom. The van der Waals surface area contributed by atoms with Crippen LogP contribution in [0.1, 0.15) is 18.2 Å². The molecule has 1 saturated heterocycles. The third kappa shape index (κ3) is 3.53. The molecule has 0 bridgehead atoms. The van der Waals surface area contributed by atoms with Crippen LogP contribution in [0.2, 0.25) is 0 Å². The Balaban J connectivity index is 1.46. The van der Waals surface area contributed by atoms with E-state index in [1.54, 1.807) is 4.90 Å². The van der Waals surface area contributed by atoms with E-state index in [2.05, 4.69) is 75.7 Å². The van der Waals surface area contributed by atoms with E-state index in [1.807, 2.05) is 0 Å². The molecular weight excluding hydrogens is 402 g/mol. The predicted octanol–water partition coefficient (Wildman–Crippen LogP) is 2.71. The third-order valence-corrected chi connectivity index (χ3v) is 6.57. The first-order valence-electron chi connectivity index (χ1n) is 11.1. The first-order valence-corrected chi connectivity index (χ1v) is 11.1. The van der Waals surface area contributed by atoms with Crippen LogP contribution in [0.3, 0.4) is 0 Å². The van der Waals surface area contributed by atoms with Gasteiger partial charge in [0.2, 0.25) is 5.91 Å². The number of H-pyrrole nitrogens is 1. The molecule has 0 aliphatic carbocycles. The molecule has 0 spiro atoms. The quantitative estimate of drug-likeness (QED) is 0.648. The predicted molar refractivity (Wildman–Crippen MR) is 127 cm³/mol. The van der Waals surface area contributed by atoms with Gasteiger partial charge in [0.05, 0.1) is 6.54 Å². The number of nitrogens with one attached hydrogen (secondary N) is 1. The molecule has 2 aliphatic heterocycles. The van der Waals surface area contributed by atoms with Gasteiger partial charge < -0.3 is 19.7 Å². The van der Waals surface area contributed by atoms with Gasteiger partial charge in [-0.15, -0.1) is 0 Å². The number of carbonyl (C=O) groups excluding carboxylic acids is 1. The van der Waals surface area contributed by atoms with E-state index < -0.39 is 0 Å². The largest absolute Gasteiger partial charge is 0.365 e. The molecule has 7 heteroatoms. The van der Waals surface area contributed by atoms with E-state index in [4.69, 9.17) is 0 Å². The molecule has 1 atom stereocenters. The lowest BCUT2D eigenvalue weighted by atomic mass is 10.0. The molecule has 164 valence electrons. The van der Waals surface area contributed by atoms with Gasteiger partial charge in [-0.05, 0) is 30.9 Å². The van der Waals surface area contributed by atoms with E-state index in [0.29, 0.717) is 26.2 Å². The molecule has 3 heterocycles. The van der Waals surface area contributed by atoms with E-state index in [-0.39, 0.29) is 17.6 Å². The highest BCUT2D eigenvalue weighted by Gasteiger charge is 2.31. The molecule has 32 heavy (non-hydrogen) atoms. The second-order valence-electron chi connectivity index (χ2n) is 8.52. The van der Waals surface area contributed by atoms with Gasteiger partial charge >= 0.3 is 5.69 Å². The summed E-state index contributed by atoms with van der Waals surface area (Å²) in [5.41, 5.74) is 2.89. The van der Waals surface area contributed by atoms with Crippen molar-refractivity contribution in [3.05, 3.63) is 76.9 Å². The molecule has 3 aromatic rings. The topological polar surface area (TPSA) is 72.5 Å². The summed E-state index contributed by atoms with van der Waals surface area (Å²) in [6.45, 7) is 8.99. The van der Waals surface area contributed by atoms with Crippen LogP contribution in [0.4, 0.5) is 11.5 Å². The number of benzene rings is 2. The normalized spacial score (nSPS) is 18.5. The lowest BCUT2D eigenvalue weighted by molar-refractivity contribution is -0.126. The number of hydrogen-bond donors (Lipinski definition) is 1. The number of nitrogens with zero attached hydrogens (tertiary/aromatic N) is 4. The first-order chi connectivity index (χ1) is 15.5. The van der Waals surface area contributed by atoms with Crippen LogP contribution >= 0.6 is 0 Å². The fourth-order valence-electron chi connectivity index (χ4n) is 4.97. The van der Waals surface area contributed by atoms with E-state index in [9.17, 15) is 9.59 Å². The second kappa shape index (κ2) is 8.15. The van der Waals surface area contributed by atoms with Gasteiger partial charge in [0.25, 0.3) is 0 Å². The lowest BCUT2D eigenvalue weighted by Gasteiger charge is -2.42. The number of carbonyl (C=O) groups is 1. The Hall–Kier alpha value is -3.61. The molecule has 5 rings (SSSR count). The third-order valence-electron chi connectivity index (χ3n) is 6.57. The zero-order chi connectivity index (χ0) is 22.2. The number of fused-ring (bicyclic) bond motifs is 2. The van der Waals surface area contributed by atoms with Gasteiger partial charge in [-0.25, -0.2) is 4.79 Å². The summed E-state index contributed by atoms with van der Waals surface area (Å²) >= 11 is 0. The average molecular weight is 430 g/mol. The van der Waals surface area contributed by atoms with Crippen molar-refractivity contribution >= 4 is 28.2 Å². The maximum absolute atomic E-state index is 12.5. The van der Waals surface area contributed by atoms with Crippen LogP contribution in [-0.4, -0.2) is 53.0 Å². The highest BCUT2D eigenvalue weighted by atomic mass is 16.2. The standard InChI is InChI=1S/C25H27N5O2/c1-3-23(31)29-13-14-30(17(2)15-29)24-20-11-12-28(16-21(20)26-25(32)27-24)22-10-6-8-18-7-4-5-9-19(18)22/h3-10,17H,1,11-16H2,2H3,(H,26,27,32). The van der Waals surface area contributed by atoms with Gasteiger partial charge in [0.15, 0.2) is 0 Å². The summed E-state index contributed by atoms with van der Waals surface area (Å²) < 4.78 is 0.